The Kier molecular flexibility index (Phi) is 5.59. The fraction of sp³-hybridized carbons (Fsp3) is 0.588. The molecule has 1 aromatic rings. The Hall–Kier alpha value is -1.66. The number of alkyl carbamates (subject to hydrolysis) is 1. The second-order valence-corrected chi connectivity index (χ2v) is 6.93. The fourth-order valence-electron chi connectivity index (χ4n) is 2.84. The Morgan fingerprint density at radius 1 is 1.43 bits per heavy atom. The van der Waals surface area contributed by atoms with Gasteiger partial charge in [-0.15, -0.1) is 0 Å². The van der Waals surface area contributed by atoms with Crippen LogP contribution in [0.15, 0.2) is 24.3 Å². The van der Waals surface area contributed by atoms with E-state index in [4.69, 9.17) is 10.5 Å². The van der Waals surface area contributed by atoms with Gasteiger partial charge in [0.15, 0.2) is 0 Å². The molecule has 2 rings (SSSR count). The van der Waals surface area contributed by atoms with Crippen molar-refractivity contribution in [1.82, 2.24) is 10.2 Å². The highest BCUT2D eigenvalue weighted by molar-refractivity contribution is 5.68. The number of nitrogens with one attached hydrogen (secondary N) is 1. The highest BCUT2D eigenvalue weighted by atomic mass is 19.1. The number of nitrogens with zero attached hydrogens (tertiary/aromatic N) is 1. The van der Waals surface area contributed by atoms with Crippen molar-refractivity contribution in [1.29, 1.82) is 0 Å². The molecule has 0 spiro atoms. The lowest BCUT2D eigenvalue weighted by molar-refractivity contribution is 0.0504. The average molecular weight is 323 g/mol. The van der Waals surface area contributed by atoms with Crippen molar-refractivity contribution in [2.75, 3.05) is 19.6 Å². The Bertz CT molecular complexity index is 528. The van der Waals surface area contributed by atoms with Gasteiger partial charge in [0.1, 0.15) is 11.4 Å². The molecular formula is C17H26FN3O2. The van der Waals surface area contributed by atoms with Crippen LogP contribution >= 0.6 is 0 Å². The van der Waals surface area contributed by atoms with Crippen molar-refractivity contribution in [2.45, 2.75) is 44.9 Å². The van der Waals surface area contributed by atoms with E-state index < -0.39 is 11.7 Å². The quantitative estimate of drug-likeness (QED) is 0.893. The summed E-state index contributed by atoms with van der Waals surface area (Å²) in [6, 6.07) is 6.50. The summed E-state index contributed by atoms with van der Waals surface area (Å²) >= 11 is 0. The van der Waals surface area contributed by atoms with Gasteiger partial charge in [-0.25, -0.2) is 9.18 Å². The minimum Gasteiger partial charge on any atom is -0.444 e. The second-order valence-electron chi connectivity index (χ2n) is 6.93. The molecule has 1 aliphatic heterocycles. The summed E-state index contributed by atoms with van der Waals surface area (Å²) < 4.78 is 18.4. The van der Waals surface area contributed by atoms with E-state index in [0.29, 0.717) is 13.1 Å². The van der Waals surface area contributed by atoms with Crippen molar-refractivity contribution >= 4 is 6.09 Å². The van der Waals surface area contributed by atoms with Gasteiger partial charge in [-0.2, -0.15) is 0 Å². The van der Waals surface area contributed by atoms with Crippen LogP contribution in [0.25, 0.3) is 0 Å². The molecular weight excluding hydrogens is 297 g/mol. The van der Waals surface area contributed by atoms with Gasteiger partial charge in [0.25, 0.3) is 0 Å². The minimum absolute atomic E-state index is 0.0287. The van der Waals surface area contributed by atoms with E-state index in [2.05, 4.69) is 10.2 Å². The topological polar surface area (TPSA) is 67.6 Å². The zero-order chi connectivity index (χ0) is 17.0. The first-order chi connectivity index (χ1) is 10.8. The number of hydrogen-bond acceptors (Lipinski definition) is 4. The first kappa shape index (κ1) is 17.7. The number of nitrogens with two attached hydrogens (primary N) is 1. The maximum atomic E-state index is 13.1. The zero-order valence-electron chi connectivity index (χ0n) is 14.0. The Morgan fingerprint density at radius 3 is 2.65 bits per heavy atom. The average Bonchev–Trinajstić information content (AvgIpc) is 2.87. The number of rotatable bonds is 4. The van der Waals surface area contributed by atoms with Crippen LogP contribution in [0.2, 0.25) is 0 Å². The third-order valence-corrected chi connectivity index (χ3v) is 3.86. The number of ether oxygens (including phenoxy) is 1. The predicted molar refractivity (Wildman–Crippen MR) is 87.5 cm³/mol. The highest BCUT2D eigenvalue weighted by Gasteiger charge is 2.30. The van der Waals surface area contributed by atoms with Gasteiger partial charge in [0.2, 0.25) is 0 Å². The Labute approximate surface area is 137 Å². The summed E-state index contributed by atoms with van der Waals surface area (Å²) in [6.45, 7) is 7.51. The van der Waals surface area contributed by atoms with Crippen LogP contribution in [0.1, 0.15) is 38.8 Å². The van der Waals surface area contributed by atoms with E-state index in [-0.39, 0.29) is 17.9 Å². The van der Waals surface area contributed by atoms with Crippen molar-refractivity contribution in [3.05, 3.63) is 35.6 Å². The van der Waals surface area contributed by atoms with Gasteiger partial charge < -0.3 is 15.8 Å². The molecule has 1 aromatic carbocycles. The summed E-state index contributed by atoms with van der Waals surface area (Å²) in [5.41, 5.74) is 6.39. The number of benzene rings is 1. The first-order valence-electron chi connectivity index (χ1n) is 7.97. The molecule has 0 radical (unpaired) electrons. The van der Waals surface area contributed by atoms with E-state index in [9.17, 15) is 9.18 Å². The van der Waals surface area contributed by atoms with Crippen LogP contribution < -0.4 is 11.1 Å². The van der Waals surface area contributed by atoms with Gasteiger partial charge in [-0.05, 0) is 44.9 Å². The van der Waals surface area contributed by atoms with Crippen molar-refractivity contribution in [3.8, 4) is 0 Å². The molecule has 6 heteroatoms. The minimum atomic E-state index is -0.504. The fourth-order valence-corrected chi connectivity index (χ4v) is 2.84. The molecule has 0 bridgehead atoms. The van der Waals surface area contributed by atoms with E-state index in [1.807, 2.05) is 20.8 Å². The van der Waals surface area contributed by atoms with Gasteiger partial charge >= 0.3 is 6.09 Å². The molecule has 2 atom stereocenters. The predicted octanol–water partition coefficient (Wildman–Crippen LogP) is 2.42. The van der Waals surface area contributed by atoms with E-state index >= 15 is 0 Å². The SMILES string of the molecule is CC(C)(C)OC(=O)NC1CCN(C(CN)c2ccc(F)cc2)C1. The summed E-state index contributed by atoms with van der Waals surface area (Å²) in [7, 11) is 0. The smallest absolute Gasteiger partial charge is 0.407 e. The number of likely N-dealkylation sites (tertiary alicyclic amines) is 1. The van der Waals surface area contributed by atoms with E-state index in [1.165, 1.54) is 12.1 Å². The van der Waals surface area contributed by atoms with Crippen LogP contribution in [0.5, 0.6) is 0 Å². The summed E-state index contributed by atoms with van der Waals surface area (Å²) in [5.74, 6) is -0.254. The van der Waals surface area contributed by atoms with Crippen LogP contribution in [0.4, 0.5) is 9.18 Å². The zero-order valence-corrected chi connectivity index (χ0v) is 14.0. The lowest BCUT2D eigenvalue weighted by atomic mass is 10.1. The second kappa shape index (κ2) is 7.27. The molecule has 1 heterocycles. The van der Waals surface area contributed by atoms with Crippen LogP contribution in [0.3, 0.4) is 0 Å². The van der Waals surface area contributed by atoms with Gasteiger partial charge in [0.05, 0.1) is 0 Å². The van der Waals surface area contributed by atoms with Crippen molar-refractivity contribution < 1.29 is 13.9 Å². The number of hydrogen-bond donors (Lipinski definition) is 2. The molecule has 3 N–H and O–H groups in total. The van der Waals surface area contributed by atoms with Gasteiger partial charge in [-0.3, -0.25) is 4.90 Å². The van der Waals surface area contributed by atoms with Crippen molar-refractivity contribution in [3.63, 3.8) is 0 Å². The molecule has 128 valence electrons. The Morgan fingerprint density at radius 2 is 2.09 bits per heavy atom. The third kappa shape index (κ3) is 5.18. The highest BCUT2D eigenvalue weighted by Crippen LogP contribution is 2.24. The van der Waals surface area contributed by atoms with Crippen LogP contribution in [-0.2, 0) is 4.74 Å². The largest absolute Gasteiger partial charge is 0.444 e. The number of halogens is 1. The molecule has 2 unspecified atom stereocenters. The molecule has 0 saturated carbocycles. The van der Waals surface area contributed by atoms with E-state index in [1.54, 1.807) is 12.1 Å². The third-order valence-electron chi connectivity index (χ3n) is 3.86. The molecule has 0 aromatic heterocycles. The molecule has 1 aliphatic rings. The molecule has 0 aliphatic carbocycles. The Balaban J connectivity index is 1.93. The molecule has 5 nitrogen and oxygen atoms in total. The maximum absolute atomic E-state index is 13.1. The number of amides is 1. The van der Waals surface area contributed by atoms with Crippen molar-refractivity contribution in [2.24, 2.45) is 5.73 Å². The normalized spacial score (nSPS) is 20.3. The molecule has 1 fully saturated rings. The summed E-state index contributed by atoms with van der Waals surface area (Å²) in [4.78, 5) is 14.1. The van der Waals surface area contributed by atoms with E-state index in [0.717, 1.165) is 18.5 Å². The monoisotopic (exact) mass is 323 g/mol. The van der Waals surface area contributed by atoms with Crippen LogP contribution in [0, 0.1) is 5.82 Å². The lowest BCUT2D eigenvalue weighted by Gasteiger charge is -2.27. The lowest BCUT2D eigenvalue weighted by Crippen LogP contribution is -2.41. The standard InChI is InChI=1S/C17H26FN3O2/c1-17(2,3)23-16(22)20-14-8-9-21(11-14)15(10-19)12-4-6-13(18)7-5-12/h4-7,14-15H,8-11,19H2,1-3H3,(H,20,22). The summed E-state index contributed by atoms with van der Waals surface area (Å²) in [6.07, 6.45) is 0.451. The van der Waals surface area contributed by atoms with Gasteiger partial charge in [0, 0.05) is 31.7 Å². The number of carbonyl (C=O) groups is 1. The number of carbonyl (C=O) groups excluding carboxylic acids is 1. The summed E-state index contributed by atoms with van der Waals surface area (Å²) in [5, 5.41) is 2.90. The van der Waals surface area contributed by atoms with Gasteiger partial charge in [-0.1, -0.05) is 12.1 Å². The first-order valence-corrected chi connectivity index (χ1v) is 7.97. The molecule has 1 amide bonds. The van der Waals surface area contributed by atoms with Crippen LogP contribution in [-0.4, -0.2) is 42.3 Å². The maximum Gasteiger partial charge on any atom is 0.407 e. The molecule has 23 heavy (non-hydrogen) atoms. The molecule has 1 saturated heterocycles.